The third-order valence-electron chi connectivity index (χ3n) is 2.81. The van der Waals surface area contributed by atoms with Crippen molar-refractivity contribution in [2.45, 2.75) is 19.5 Å². The lowest BCUT2D eigenvalue weighted by molar-refractivity contribution is 0.492. The highest BCUT2D eigenvalue weighted by Crippen LogP contribution is 1.98. The summed E-state index contributed by atoms with van der Waals surface area (Å²) in [6.45, 7) is 1.22. The number of nitrogen functional groups attached to an aromatic ring is 1. The van der Waals surface area contributed by atoms with Gasteiger partial charge in [0, 0.05) is 31.7 Å². The van der Waals surface area contributed by atoms with Crippen molar-refractivity contribution < 1.29 is 0 Å². The Labute approximate surface area is 108 Å². The Kier molecular flexibility index (Phi) is 2.75. The van der Waals surface area contributed by atoms with E-state index < -0.39 is 0 Å². The smallest absolute Gasteiger partial charge is 0.350 e. The van der Waals surface area contributed by atoms with Gasteiger partial charge in [0.05, 0.1) is 6.20 Å². The van der Waals surface area contributed by atoms with Gasteiger partial charge in [-0.3, -0.25) is 9.67 Å². The van der Waals surface area contributed by atoms with Crippen molar-refractivity contribution in [1.29, 1.82) is 0 Å². The van der Waals surface area contributed by atoms with Crippen LogP contribution in [0.4, 0.5) is 5.82 Å². The summed E-state index contributed by atoms with van der Waals surface area (Å²) in [7, 11) is 0. The Morgan fingerprint density at radius 2 is 2.11 bits per heavy atom. The molecule has 3 aromatic rings. The molecule has 8 nitrogen and oxygen atoms in total. The van der Waals surface area contributed by atoms with Gasteiger partial charge in [0.25, 0.3) is 0 Å². The van der Waals surface area contributed by atoms with E-state index in [1.807, 2.05) is 6.20 Å². The van der Waals surface area contributed by atoms with E-state index in [1.165, 1.54) is 9.08 Å². The molecular formula is C11H13N7O. The number of anilines is 1. The second-order valence-corrected chi connectivity index (χ2v) is 4.17. The minimum atomic E-state index is -0.155. The minimum absolute atomic E-state index is 0.155. The van der Waals surface area contributed by atoms with Crippen LogP contribution in [0.1, 0.15) is 6.42 Å². The van der Waals surface area contributed by atoms with E-state index in [0.29, 0.717) is 24.6 Å². The fourth-order valence-corrected chi connectivity index (χ4v) is 1.91. The molecule has 19 heavy (non-hydrogen) atoms. The van der Waals surface area contributed by atoms with Gasteiger partial charge in [-0.2, -0.15) is 5.10 Å². The van der Waals surface area contributed by atoms with Crippen LogP contribution in [0.2, 0.25) is 0 Å². The number of nitrogens with two attached hydrogens (primary N) is 1. The minimum Gasteiger partial charge on any atom is -0.382 e. The molecule has 0 unspecified atom stereocenters. The molecule has 2 N–H and O–H groups in total. The van der Waals surface area contributed by atoms with Crippen LogP contribution >= 0.6 is 0 Å². The predicted molar refractivity (Wildman–Crippen MR) is 68.5 cm³/mol. The van der Waals surface area contributed by atoms with E-state index in [1.54, 1.807) is 29.3 Å². The molecule has 0 aliphatic heterocycles. The molecule has 3 rings (SSSR count). The van der Waals surface area contributed by atoms with Crippen molar-refractivity contribution in [3.63, 3.8) is 0 Å². The third-order valence-corrected chi connectivity index (χ3v) is 2.81. The maximum Gasteiger partial charge on any atom is 0.350 e. The van der Waals surface area contributed by atoms with Gasteiger partial charge in [-0.1, -0.05) is 0 Å². The maximum atomic E-state index is 12.0. The van der Waals surface area contributed by atoms with E-state index in [0.717, 1.165) is 6.42 Å². The van der Waals surface area contributed by atoms with Gasteiger partial charge in [-0.05, 0) is 12.5 Å². The van der Waals surface area contributed by atoms with Crippen LogP contribution in [0, 0.1) is 0 Å². The molecule has 0 radical (unpaired) electrons. The van der Waals surface area contributed by atoms with Gasteiger partial charge < -0.3 is 5.73 Å². The molecule has 3 heterocycles. The predicted octanol–water partition coefficient (Wildman–Crippen LogP) is -0.240. The first-order valence-electron chi connectivity index (χ1n) is 5.92. The van der Waals surface area contributed by atoms with E-state index in [4.69, 9.17) is 5.73 Å². The normalized spacial score (nSPS) is 11.2. The molecule has 0 saturated carbocycles. The van der Waals surface area contributed by atoms with E-state index in [2.05, 4.69) is 15.2 Å². The van der Waals surface area contributed by atoms with Crippen LogP contribution < -0.4 is 11.4 Å². The Morgan fingerprint density at radius 3 is 2.84 bits per heavy atom. The van der Waals surface area contributed by atoms with Gasteiger partial charge in [-0.25, -0.2) is 13.9 Å². The lowest BCUT2D eigenvalue weighted by Gasteiger charge is -2.00. The molecule has 0 atom stereocenters. The Hall–Kier alpha value is -2.64. The van der Waals surface area contributed by atoms with Gasteiger partial charge in [-0.15, -0.1) is 5.10 Å². The van der Waals surface area contributed by atoms with Crippen molar-refractivity contribution in [3.8, 4) is 0 Å². The van der Waals surface area contributed by atoms with Crippen LogP contribution in [0.25, 0.3) is 5.65 Å². The lowest BCUT2D eigenvalue weighted by atomic mass is 10.4. The zero-order valence-electron chi connectivity index (χ0n) is 10.2. The zero-order valence-corrected chi connectivity index (χ0v) is 10.2. The van der Waals surface area contributed by atoms with E-state index in [9.17, 15) is 4.79 Å². The summed E-state index contributed by atoms with van der Waals surface area (Å²) in [5.74, 6) is 0.496. The van der Waals surface area contributed by atoms with Gasteiger partial charge in [0.2, 0.25) is 0 Å². The Balaban J connectivity index is 1.72. The monoisotopic (exact) mass is 259 g/mol. The molecule has 0 aliphatic carbocycles. The highest BCUT2D eigenvalue weighted by molar-refractivity contribution is 5.31. The third kappa shape index (κ3) is 2.19. The van der Waals surface area contributed by atoms with Crippen LogP contribution in [0.3, 0.4) is 0 Å². The topological polar surface area (TPSA) is 96.0 Å². The molecule has 0 bridgehead atoms. The second kappa shape index (κ2) is 4.56. The van der Waals surface area contributed by atoms with Gasteiger partial charge in [0.15, 0.2) is 5.65 Å². The quantitative estimate of drug-likeness (QED) is 0.697. The number of fused-ring (bicyclic) bond motifs is 1. The van der Waals surface area contributed by atoms with Crippen LogP contribution in [-0.2, 0) is 13.1 Å². The first-order chi connectivity index (χ1) is 9.24. The molecular weight excluding hydrogens is 246 g/mol. The lowest BCUT2D eigenvalue weighted by Crippen LogP contribution is -2.21. The van der Waals surface area contributed by atoms with E-state index >= 15 is 0 Å². The average Bonchev–Trinajstić information content (AvgIpc) is 2.96. The summed E-state index contributed by atoms with van der Waals surface area (Å²) in [5.41, 5.74) is 5.92. The van der Waals surface area contributed by atoms with Crippen molar-refractivity contribution in [2.24, 2.45) is 0 Å². The molecule has 3 aromatic heterocycles. The van der Waals surface area contributed by atoms with Crippen molar-refractivity contribution in [1.82, 2.24) is 28.9 Å². The largest absolute Gasteiger partial charge is 0.382 e. The van der Waals surface area contributed by atoms with Gasteiger partial charge >= 0.3 is 5.69 Å². The summed E-state index contributed by atoms with van der Waals surface area (Å²) in [6, 6.07) is 1.74. The molecule has 98 valence electrons. The molecule has 0 saturated heterocycles. The molecule has 0 aliphatic rings. The summed E-state index contributed by atoms with van der Waals surface area (Å²) < 4.78 is 4.65. The van der Waals surface area contributed by atoms with Crippen LogP contribution in [0.5, 0.6) is 0 Å². The molecule has 0 amide bonds. The number of nitrogens with zero attached hydrogens (tertiary/aromatic N) is 6. The van der Waals surface area contributed by atoms with Crippen molar-refractivity contribution in [3.05, 3.63) is 41.3 Å². The highest BCUT2D eigenvalue weighted by Gasteiger charge is 2.05. The van der Waals surface area contributed by atoms with Crippen LogP contribution in [-0.4, -0.2) is 28.9 Å². The molecule has 0 fully saturated rings. The summed E-state index contributed by atoms with van der Waals surface area (Å²) in [6.07, 6.45) is 7.29. The molecule has 0 aromatic carbocycles. The van der Waals surface area contributed by atoms with Crippen LogP contribution in [0.15, 0.2) is 35.6 Å². The highest BCUT2D eigenvalue weighted by atomic mass is 16.2. The Morgan fingerprint density at radius 1 is 1.21 bits per heavy atom. The summed E-state index contributed by atoms with van der Waals surface area (Å²) >= 11 is 0. The standard InChI is InChI=1S/C11H13N7O/c12-9-2-6-16(14-9)4-1-5-18-11(19)17-7-3-13-8-10(17)15-18/h2-3,6-8H,1,4-5H2,(H2,12,14). The fourth-order valence-electron chi connectivity index (χ4n) is 1.91. The number of rotatable bonds is 4. The van der Waals surface area contributed by atoms with Gasteiger partial charge in [0.1, 0.15) is 5.82 Å². The SMILES string of the molecule is Nc1ccn(CCCn2nc3cnccn3c2=O)n1. The van der Waals surface area contributed by atoms with E-state index in [-0.39, 0.29) is 5.69 Å². The number of hydrogen-bond donors (Lipinski definition) is 1. The fraction of sp³-hybridized carbons (Fsp3) is 0.273. The number of aryl methyl sites for hydroxylation is 2. The second-order valence-electron chi connectivity index (χ2n) is 4.17. The number of aromatic nitrogens is 6. The van der Waals surface area contributed by atoms with Crippen molar-refractivity contribution in [2.75, 3.05) is 5.73 Å². The summed E-state index contributed by atoms with van der Waals surface area (Å²) in [4.78, 5) is 15.9. The molecule has 8 heteroatoms. The molecule has 0 spiro atoms. The Bertz CT molecular complexity index is 754. The maximum absolute atomic E-state index is 12.0. The van der Waals surface area contributed by atoms with Crippen molar-refractivity contribution >= 4 is 11.5 Å². The zero-order chi connectivity index (χ0) is 13.2. The average molecular weight is 259 g/mol. The first-order valence-corrected chi connectivity index (χ1v) is 5.92. The number of hydrogen-bond acceptors (Lipinski definition) is 5. The summed E-state index contributed by atoms with van der Waals surface area (Å²) in [5, 5.41) is 8.28. The first kappa shape index (κ1) is 11.5.